The third-order valence-electron chi connectivity index (χ3n) is 5.03. The molecule has 2 N–H and O–H groups in total. The Morgan fingerprint density at radius 3 is 2.69 bits per heavy atom. The van der Waals surface area contributed by atoms with Crippen LogP contribution in [0.2, 0.25) is 5.02 Å². The second-order valence-electron chi connectivity index (χ2n) is 7.04. The minimum Gasteiger partial charge on any atom is -0.495 e. The number of ether oxygens (including phenoxy) is 1. The predicted octanol–water partition coefficient (Wildman–Crippen LogP) is 3.34. The van der Waals surface area contributed by atoms with Crippen LogP contribution in [0, 0.1) is 5.92 Å². The largest absolute Gasteiger partial charge is 0.495 e. The molecule has 26 heavy (non-hydrogen) atoms. The summed E-state index contributed by atoms with van der Waals surface area (Å²) in [5.41, 5.74) is 1.74. The first-order valence-corrected chi connectivity index (χ1v) is 9.50. The summed E-state index contributed by atoms with van der Waals surface area (Å²) in [5, 5.41) is 3.53. The SMILES string of the molecule is COc1ccc(NC(=O)[C@@H](c2ccccc2)[NH+]2CCC[C@H](C)C2)cc1Cl. The molecule has 1 saturated heterocycles. The molecule has 0 radical (unpaired) electrons. The summed E-state index contributed by atoms with van der Waals surface area (Å²) in [7, 11) is 1.58. The molecule has 0 saturated carbocycles. The number of amides is 1. The quantitative estimate of drug-likeness (QED) is 0.844. The molecule has 0 spiro atoms. The summed E-state index contributed by atoms with van der Waals surface area (Å²) >= 11 is 6.20. The molecular formula is C21H26ClN2O2+. The van der Waals surface area contributed by atoms with Gasteiger partial charge in [-0.2, -0.15) is 0 Å². The van der Waals surface area contributed by atoms with Crippen LogP contribution >= 0.6 is 11.6 Å². The standard InChI is InChI=1S/C21H25ClN2O2/c1-15-7-6-12-24(14-15)20(16-8-4-3-5-9-16)21(25)23-17-10-11-19(26-2)18(22)13-17/h3-5,8-11,13,15,20H,6-7,12,14H2,1-2H3,(H,23,25)/p+1/t15-,20+/m0/s1. The summed E-state index contributed by atoms with van der Waals surface area (Å²) in [5.74, 6) is 1.23. The van der Waals surface area contributed by atoms with Gasteiger partial charge in [-0.15, -0.1) is 0 Å². The Labute approximate surface area is 160 Å². The zero-order chi connectivity index (χ0) is 18.5. The molecule has 4 nitrogen and oxygen atoms in total. The minimum absolute atomic E-state index is 0.00142. The van der Waals surface area contributed by atoms with Crippen LogP contribution in [0.25, 0.3) is 0 Å². The van der Waals surface area contributed by atoms with Crippen LogP contribution in [0.5, 0.6) is 5.75 Å². The highest BCUT2D eigenvalue weighted by Gasteiger charge is 2.34. The van der Waals surface area contributed by atoms with E-state index in [4.69, 9.17) is 16.3 Å². The van der Waals surface area contributed by atoms with E-state index in [-0.39, 0.29) is 11.9 Å². The molecule has 1 unspecified atom stereocenters. The van der Waals surface area contributed by atoms with Crippen molar-refractivity contribution in [1.29, 1.82) is 0 Å². The molecule has 1 amide bonds. The maximum atomic E-state index is 13.2. The van der Waals surface area contributed by atoms with Crippen LogP contribution in [-0.4, -0.2) is 26.1 Å². The van der Waals surface area contributed by atoms with Crippen LogP contribution in [0.15, 0.2) is 48.5 Å². The number of hydrogen-bond donors (Lipinski definition) is 2. The van der Waals surface area contributed by atoms with E-state index in [0.29, 0.717) is 22.4 Å². The van der Waals surface area contributed by atoms with Crippen molar-refractivity contribution in [2.45, 2.75) is 25.8 Å². The maximum absolute atomic E-state index is 13.2. The number of benzene rings is 2. The third-order valence-corrected chi connectivity index (χ3v) is 5.32. The van der Waals surface area contributed by atoms with E-state index >= 15 is 0 Å². The van der Waals surface area contributed by atoms with Gasteiger partial charge in [0.25, 0.3) is 5.91 Å². The number of nitrogens with one attached hydrogen (secondary N) is 2. The van der Waals surface area contributed by atoms with Crippen molar-refractivity contribution in [2.75, 3.05) is 25.5 Å². The van der Waals surface area contributed by atoms with Gasteiger partial charge in [-0.05, 0) is 31.0 Å². The van der Waals surface area contributed by atoms with Crippen molar-refractivity contribution >= 4 is 23.2 Å². The average Bonchev–Trinajstić information content (AvgIpc) is 2.63. The molecule has 2 aromatic carbocycles. The molecule has 3 rings (SSSR count). The van der Waals surface area contributed by atoms with Crippen LogP contribution in [0.1, 0.15) is 31.4 Å². The number of hydrogen-bond acceptors (Lipinski definition) is 2. The molecule has 1 heterocycles. The zero-order valence-corrected chi connectivity index (χ0v) is 16.1. The van der Waals surface area contributed by atoms with Crippen molar-refractivity contribution in [2.24, 2.45) is 5.92 Å². The molecule has 138 valence electrons. The number of methoxy groups -OCH3 is 1. The molecule has 2 aromatic rings. The van der Waals surface area contributed by atoms with Gasteiger partial charge in [0, 0.05) is 17.2 Å². The summed E-state index contributed by atoms with van der Waals surface area (Å²) in [4.78, 5) is 14.5. The van der Waals surface area contributed by atoms with E-state index in [1.807, 2.05) is 36.4 Å². The summed E-state index contributed by atoms with van der Waals surface area (Å²) in [6.07, 6.45) is 2.39. The van der Waals surface area contributed by atoms with Gasteiger partial charge in [-0.3, -0.25) is 4.79 Å². The highest BCUT2D eigenvalue weighted by molar-refractivity contribution is 6.32. The number of halogens is 1. The van der Waals surface area contributed by atoms with Crippen molar-refractivity contribution in [3.8, 4) is 5.75 Å². The fourth-order valence-corrected chi connectivity index (χ4v) is 4.03. The van der Waals surface area contributed by atoms with Gasteiger partial charge < -0.3 is 15.0 Å². The maximum Gasteiger partial charge on any atom is 0.287 e. The molecule has 0 aromatic heterocycles. The number of piperidine rings is 1. The number of rotatable bonds is 5. The van der Waals surface area contributed by atoms with E-state index in [0.717, 1.165) is 25.1 Å². The predicted molar refractivity (Wildman–Crippen MR) is 105 cm³/mol. The number of anilines is 1. The lowest BCUT2D eigenvalue weighted by Gasteiger charge is -2.33. The first-order chi connectivity index (χ1) is 12.6. The Morgan fingerprint density at radius 2 is 2.04 bits per heavy atom. The Hall–Kier alpha value is -2.04. The number of likely N-dealkylation sites (tertiary alicyclic amines) is 1. The van der Waals surface area contributed by atoms with Gasteiger partial charge in [0.1, 0.15) is 5.75 Å². The van der Waals surface area contributed by atoms with Gasteiger partial charge >= 0.3 is 0 Å². The average molecular weight is 374 g/mol. The molecule has 3 atom stereocenters. The highest BCUT2D eigenvalue weighted by atomic mass is 35.5. The molecule has 5 heteroatoms. The number of carbonyl (C=O) groups is 1. The van der Waals surface area contributed by atoms with E-state index in [9.17, 15) is 4.79 Å². The molecule has 0 bridgehead atoms. The Kier molecular flexibility index (Phi) is 6.17. The molecular weight excluding hydrogens is 348 g/mol. The first-order valence-electron chi connectivity index (χ1n) is 9.12. The van der Waals surface area contributed by atoms with Crippen LogP contribution < -0.4 is 15.0 Å². The Bertz CT molecular complexity index is 751. The van der Waals surface area contributed by atoms with Crippen molar-refractivity contribution < 1.29 is 14.4 Å². The second-order valence-corrected chi connectivity index (χ2v) is 7.45. The molecule has 0 aliphatic carbocycles. The van der Waals surface area contributed by atoms with Crippen molar-refractivity contribution in [3.05, 3.63) is 59.1 Å². The number of carbonyl (C=O) groups excluding carboxylic acids is 1. The van der Waals surface area contributed by atoms with Gasteiger partial charge in [-0.1, -0.05) is 48.9 Å². The van der Waals surface area contributed by atoms with E-state index in [2.05, 4.69) is 12.2 Å². The van der Waals surface area contributed by atoms with E-state index in [1.165, 1.54) is 11.3 Å². The van der Waals surface area contributed by atoms with Gasteiger partial charge in [-0.25, -0.2) is 0 Å². The Balaban J connectivity index is 1.84. The Morgan fingerprint density at radius 1 is 1.27 bits per heavy atom. The highest BCUT2D eigenvalue weighted by Crippen LogP contribution is 2.27. The molecule has 1 fully saturated rings. The lowest BCUT2D eigenvalue weighted by molar-refractivity contribution is -0.929. The fourth-order valence-electron chi connectivity index (χ4n) is 3.77. The monoisotopic (exact) mass is 373 g/mol. The summed E-state index contributed by atoms with van der Waals surface area (Å²) in [6.45, 7) is 4.29. The molecule has 1 aliphatic heterocycles. The normalized spacial score (nSPS) is 21.0. The van der Waals surface area contributed by atoms with Gasteiger partial charge in [0.05, 0.1) is 25.2 Å². The van der Waals surface area contributed by atoms with Gasteiger partial charge in [0.15, 0.2) is 6.04 Å². The van der Waals surface area contributed by atoms with Crippen molar-refractivity contribution in [1.82, 2.24) is 0 Å². The smallest absolute Gasteiger partial charge is 0.287 e. The summed E-state index contributed by atoms with van der Waals surface area (Å²) < 4.78 is 5.18. The van der Waals surface area contributed by atoms with Crippen molar-refractivity contribution in [3.63, 3.8) is 0 Å². The lowest BCUT2D eigenvalue weighted by Crippen LogP contribution is -3.14. The minimum atomic E-state index is -0.222. The topological polar surface area (TPSA) is 42.8 Å². The summed E-state index contributed by atoms with van der Waals surface area (Å²) in [6, 6.07) is 15.1. The van der Waals surface area contributed by atoms with E-state index < -0.39 is 0 Å². The van der Waals surface area contributed by atoms with Crippen LogP contribution in [0.3, 0.4) is 0 Å². The number of quaternary nitrogens is 1. The van der Waals surface area contributed by atoms with Crippen LogP contribution in [0.4, 0.5) is 5.69 Å². The zero-order valence-electron chi connectivity index (χ0n) is 15.3. The molecule has 1 aliphatic rings. The first kappa shape index (κ1) is 18.7. The van der Waals surface area contributed by atoms with Crippen LogP contribution in [-0.2, 0) is 4.79 Å². The fraction of sp³-hybridized carbons (Fsp3) is 0.381. The third kappa shape index (κ3) is 4.37. The second kappa shape index (κ2) is 8.56. The van der Waals surface area contributed by atoms with E-state index in [1.54, 1.807) is 19.2 Å². The van der Waals surface area contributed by atoms with Gasteiger partial charge in [0.2, 0.25) is 0 Å². The lowest BCUT2D eigenvalue weighted by atomic mass is 9.95.